The molecule has 21 heavy (non-hydrogen) atoms. The molecule has 2 saturated heterocycles. The Morgan fingerprint density at radius 1 is 1.24 bits per heavy atom. The zero-order valence-electron chi connectivity index (χ0n) is 13.7. The maximum atomic E-state index is 5.01. The number of aromatic nitrogens is 1. The number of piperidine rings is 1. The molecule has 1 N–H and O–H groups in total. The Bertz CT molecular complexity index is 457. The van der Waals surface area contributed by atoms with Crippen molar-refractivity contribution in [2.75, 3.05) is 13.6 Å². The molecule has 1 aromatic heterocycles. The highest BCUT2D eigenvalue weighted by Crippen LogP contribution is 2.43. The van der Waals surface area contributed by atoms with Gasteiger partial charge in [0.15, 0.2) is 0 Å². The zero-order chi connectivity index (χ0) is 14.8. The summed E-state index contributed by atoms with van der Waals surface area (Å²) in [6.45, 7) is 6.57. The Balaban J connectivity index is 1.71. The zero-order valence-corrected chi connectivity index (χ0v) is 14.5. The lowest BCUT2D eigenvalue weighted by atomic mass is 9.92. The van der Waals surface area contributed by atoms with Gasteiger partial charge in [0.1, 0.15) is 0 Å². The maximum Gasteiger partial charge on any atom is 0.0963 e. The van der Waals surface area contributed by atoms with Crippen molar-refractivity contribution in [2.45, 2.75) is 76.9 Å². The Kier molecular flexibility index (Phi) is 4.97. The molecule has 0 spiro atoms. The van der Waals surface area contributed by atoms with E-state index in [1.54, 1.807) is 0 Å². The molecule has 2 aliphatic rings. The second-order valence-corrected chi connectivity index (χ2v) is 7.79. The molecular weight excluding hydrogens is 278 g/mol. The monoisotopic (exact) mass is 307 g/mol. The second-order valence-electron chi connectivity index (χ2n) is 6.67. The Morgan fingerprint density at radius 2 is 1.95 bits per heavy atom. The van der Waals surface area contributed by atoms with Crippen LogP contribution in [0.25, 0.3) is 0 Å². The van der Waals surface area contributed by atoms with Gasteiger partial charge in [-0.1, -0.05) is 13.8 Å². The second kappa shape index (κ2) is 6.76. The van der Waals surface area contributed by atoms with Crippen molar-refractivity contribution in [3.05, 3.63) is 15.6 Å². The summed E-state index contributed by atoms with van der Waals surface area (Å²) >= 11 is 1.98. The summed E-state index contributed by atoms with van der Waals surface area (Å²) in [5.74, 6) is 0.717. The Hall–Kier alpha value is -0.450. The molecule has 2 unspecified atom stereocenters. The van der Waals surface area contributed by atoms with Crippen LogP contribution in [0.15, 0.2) is 0 Å². The maximum absolute atomic E-state index is 5.01. The van der Waals surface area contributed by atoms with Gasteiger partial charge in [0.2, 0.25) is 0 Å². The molecule has 1 aromatic rings. The van der Waals surface area contributed by atoms with Crippen LogP contribution in [0.1, 0.15) is 67.4 Å². The van der Waals surface area contributed by atoms with E-state index >= 15 is 0 Å². The fourth-order valence-corrected chi connectivity index (χ4v) is 5.23. The van der Waals surface area contributed by atoms with Crippen molar-refractivity contribution in [3.63, 3.8) is 0 Å². The molecule has 3 rings (SSSR count). The summed E-state index contributed by atoms with van der Waals surface area (Å²) in [6, 6.07) is 1.62. The average Bonchev–Trinajstić information content (AvgIpc) is 2.96. The standard InChI is InChI=1S/C17H29N3S/c1-4-8-18-11-16-15(5-2)19-17(21-16)12-9-13-6-7-14(10-12)20(13)3/h12-14,18H,4-11H2,1-3H3. The molecule has 3 heterocycles. The van der Waals surface area contributed by atoms with Gasteiger partial charge in [-0.15, -0.1) is 11.3 Å². The normalized spacial score (nSPS) is 29.2. The number of nitrogens with zero attached hydrogens (tertiary/aromatic N) is 2. The minimum absolute atomic E-state index is 0.717. The number of fused-ring (bicyclic) bond motifs is 2. The summed E-state index contributed by atoms with van der Waals surface area (Å²) < 4.78 is 0. The largest absolute Gasteiger partial charge is 0.312 e. The van der Waals surface area contributed by atoms with E-state index in [0.717, 1.165) is 31.6 Å². The van der Waals surface area contributed by atoms with Gasteiger partial charge in [-0.3, -0.25) is 0 Å². The van der Waals surface area contributed by atoms with Crippen molar-refractivity contribution in [1.82, 2.24) is 15.2 Å². The summed E-state index contributed by atoms with van der Waals surface area (Å²) in [4.78, 5) is 9.11. The number of nitrogens with one attached hydrogen (secondary N) is 1. The van der Waals surface area contributed by atoms with E-state index in [4.69, 9.17) is 4.98 Å². The van der Waals surface area contributed by atoms with E-state index in [0.29, 0.717) is 5.92 Å². The van der Waals surface area contributed by atoms with Crippen LogP contribution < -0.4 is 5.32 Å². The van der Waals surface area contributed by atoms with Crippen LogP contribution in [0.5, 0.6) is 0 Å². The van der Waals surface area contributed by atoms with E-state index in [-0.39, 0.29) is 0 Å². The van der Waals surface area contributed by atoms with Gasteiger partial charge < -0.3 is 10.2 Å². The molecule has 2 bridgehead atoms. The lowest BCUT2D eigenvalue weighted by Crippen LogP contribution is -2.39. The number of rotatable bonds is 6. The Morgan fingerprint density at radius 3 is 2.57 bits per heavy atom. The van der Waals surface area contributed by atoms with Crippen LogP contribution in [0.2, 0.25) is 0 Å². The van der Waals surface area contributed by atoms with E-state index in [1.807, 2.05) is 11.3 Å². The van der Waals surface area contributed by atoms with Crippen LogP contribution in [-0.4, -0.2) is 35.6 Å². The molecule has 0 saturated carbocycles. The molecule has 0 aliphatic carbocycles. The predicted octanol–water partition coefficient (Wildman–Crippen LogP) is 3.55. The third-order valence-electron chi connectivity index (χ3n) is 5.29. The van der Waals surface area contributed by atoms with Crippen LogP contribution in [0, 0.1) is 0 Å². The molecule has 0 amide bonds. The molecular formula is C17H29N3S. The van der Waals surface area contributed by atoms with E-state index in [2.05, 4.69) is 31.1 Å². The molecule has 2 fully saturated rings. The van der Waals surface area contributed by atoms with Crippen molar-refractivity contribution in [3.8, 4) is 0 Å². The summed E-state index contributed by atoms with van der Waals surface area (Å²) in [5, 5.41) is 4.96. The van der Waals surface area contributed by atoms with E-state index < -0.39 is 0 Å². The molecule has 2 aliphatic heterocycles. The summed E-state index contributed by atoms with van der Waals surface area (Å²) in [6.07, 6.45) is 7.71. The van der Waals surface area contributed by atoms with E-state index in [9.17, 15) is 0 Å². The lowest BCUT2D eigenvalue weighted by molar-refractivity contribution is 0.161. The van der Waals surface area contributed by atoms with E-state index in [1.165, 1.54) is 47.7 Å². The topological polar surface area (TPSA) is 28.2 Å². The SMILES string of the molecule is CCCNCc1sc(C2CC3CCC(C2)N3C)nc1CC. The molecule has 118 valence electrons. The average molecular weight is 308 g/mol. The van der Waals surface area contributed by atoms with Gasteiger partial charge in [0, 0.05) is 29.4 Å². The minimum Gasteiger partial charge on any atom is -0.312 e. The van der Waals surface area contributed by atoms with Crippen LogP contribution in [0.3, 0.4) is 0 Å². The van der Waals surface area contributed by atoms with Crippen LogP contribution in [-0.2, 0) is 13.0 Å². The van der Waals surface area contributed by atoms with Gasteiger partial charge in [-0.2, -0.15) is 0 Å². The minimum atomic E-state index is 0.717. The first-order valence-corrected chi connectivity index (χ1v) is 9.45. The smallest absolute Gasteiger partial charge is 0.0963 e. The van der Waals surface area contributed by atoms with Crippen molar-refractivity contribution >= 4 is 11.3 Å². The Labute approximate surface area is 133 Å². The highest BCUT2D eigenvalue weighted by molar-refractivity contribution is 7.11. The number of thiazole rings is 1. The van der Waals surface area contributed by atoms with Gasteiger partial charge >= 0.3 is 0 Å². The third-order valence-corrected chi connectivity index (χ3v) is 6.55. The lowest BCUT2D eigenvalue weighted by Gasteiger charge is -2.35. The molecule has 3 nitrogen and oxygen atoms in total. The van der Waals surface area contributed by atoms with Gasteiger partial charge in [0.05, 0.1) is 10.7 Å². The van der Waals surface area contributed by atoms with Crippen LogP contribution in [0.4, 0.5) is 0 Å². The van der Waals surface area contributed by atoms with Crippen molar-refractivity contribution < 1.29 is 0 Å². The fraction of sp³-hybridized carbons (Fsp3) is 0.824. The first-order valence-electron chi connectivity index (χ1n) is 8.64. The van der Waals surface area contributed by atoms with Crippen molar-refractivity contribution in [2.24, 2.45) is 0 Å². The summed E-state index contributed by atoms with van der Waals surface area (Å²) in [7, 11) is 2.32. The molecule has 0 radical (unpaired) electrons. The number of aryl methyl sites for hydroxylation is 1. The summed E-state index contributed by atoms with van der Waals surface area (Å²) in [5.41, 5.74) is 1.34. The quantitative estimate of drug-likeness (QED) is 0.815. The van der Waals surface area contributed by atoms with Gasteiger partial charge in [-0.25, -0.2) is 4.98 Å². The molecule has 4 heteroatoms. The number of hydrogen-bond acceptors (Lipinski definition) is 4. The van der Waals surface area contributed by atoms with Gasteiger partial charge in [0.25, 0.3) is 0 Å². The fourth-order valence-electron chi connectivity index (χ4n) is 3.98. The first-order chi connectivity index (χ1) is 10.2. The predicted molar refractivity (Wildman–Crippen MR) is 90.0 cm³/mol. The molecule has 2 atom stereocenters. The highest BCUT2D eigenvalue weighted by Gasteiger charge is 2.39. The highest BCUT2D eigenvalue weighted by atomic mass is 32.1. The van der Waals surface area contributed by atoms with Crippen LogP contribution >= 0.6 is 11.3 Å². The van der Waals surface area contributed by atoms with Gasteiger partial charge in [-0.05, 0) is 52.1 Å². The first kappa shape index (κ1) is 15.4. The molecule has 0 aromatic carbocycles. The third kappa shape index (κ3) is 3.17. The van der Waals surface area contributed by atoms with Crippen molar-refractivity contribution in [1.29, 1.82) is 0 Å². The number of hydrogen-bond donors (Lipinski definition) is 1.